The maximum Gasteiger partial charge on any atom is 0.124 e. The smallest absolute Gasteiger partial charge is 0.124 e. The van der Waals surface area contributed by atoms with E-state index < -0.39 is 0 Å². The molecule has 0 saturated heterocycles. The summed E-state index contributed by atoms with van der Waals surface area (Å²) in [7, 11) is 2.00. The molecule has 1 aliphatic rings. The first-order chi connectivity index (χ1) is 8.83. The highest BCUT2D eigenvalue weighted by Crippen LogP contribution is 2.26. The van der Waals surface area contributed by atoms with Crippen LogP contribution in [0, 0.1) is 0 Å². The summed E-state index contributed by atoms with van der Waals surface area (Å²) < 4.78 is 1.94. The van der Waals surface area contributed by atoms with Crippen LogP contribution in [0.2, 0.25) is 0 Å². The zero-order valence-corrected chi connectivity index (χ0v) is 11.3. The third-order valence-electron chi connectivity index (χ3n) is 3.27. The van der Waals surface area contributed by atoms with E-state index in [9.17, 15) is 0 Å². The number of rotatable bonds is 3. The molecule has 1 atom stereocenters. The van der Waals surface area contributed by atoms with Gasteiger partial charge in [0.1, 0.15) is 11.5 Å². The Morgan fingerprint density at radius 3 is 3.11 bits per heavy atom. The molecule has 0 fully saturated rings. The molecular weight excluding hydrogens is 242 g/mol. The molecule has 1 unspecified atom stereocenters. The molecule has 2 aromatic rings. The lowest BCUT2D eigenvalue weighted by Crippen LogP contribution is -2.21. The zero-order valence-electron chi connectivity index (χ0n) is 10.5. The first-order valence-electron chi connectivity index (χ1n) is 6.32. The molecule has 0 bridgehead atoms. The summed E-state index contributed by atoms with van der Waals surface area (Å²) in [4.78, 5) is 1.22. The molecule has 0 aliphatic heterocycles. The molecule has 0 saturated carbocycles. The number of thiophene rings is 1. The molecule has 3 rings (SSSR count). The van der Waals surface area contributed by atoms with E-state index in [0.717, 1.165) is 17.9 Å². The summed E-state index contributed by atoms with van der Waals surface area (Å²) in [6.07, 6.45) is 8.01. The van der Waals surface area contributed by atoms with Crippen molar-refractivity contribution in [3.05, 3.63) is 35.7 Å². The van der Waals surface area contributed by atoms with Crippen molar-refractivity contribution < 1.29 is 0 Å². The van der Waals surface area contributed by atoms with Crippen molar-refractivity contribution in [2.24, 2.45) is 7.05 Å². The Balaban J connectivity index is 1.78. The second-order valence-electron chi connectivity index (χ2n) is 4.64. The van der Waals surface area contributed by atoms with Crippen LogP contribution in [0.5, 0.6) is 0 Å². The van der Waals surface area contributed by atoms with Gasteiger partial charge in [-0.15, -0.1) is 11.3 Å². The lowest BCUT2D eigenvalue weighted by atomic mass is 10.0. The number of anilines is 1. The van der Waals surface area contributed by atoms with Gasteiger partial charge in [0.15, 0.2) is 0 Å². The number of aryl methyl sites for hydroxylation is 1. The maximum absolute atomic E-state index is 4.57. The van der Waals surface area contributed by atoms with Gasteiger partial charge >= 0.3 is 0 Å². The molecular formula is C14H17N3S. The normalized spacial score (nSPS) is 19.1. The number of hydrogen-bond donors (Lipinski definition) is 1. The Morgan fingerprint density at radius 1 is 1.44 bits per heavy atom. The fourth-order valence-electron chi connectivity index (χ4n) is 2.28. The van der Waals surface area contributed by atoms with Crippen LogP contribution in [0.15, 0.2) is 35.7 Å². The summed E-state index contributed by atoms with van der Waals surface area (Å²) in [5.41, 5.74) is 1.06. The number of nitrogens with one attached hydrogen (secondary N) is 1. The van der Waals surface area contributed by atoms with Crippen molar-refractivity contribution in [1.29, 1.82) is 0 Å². The van der Waals surface area contributed by atoms with Gasteiger partial charge in [-0.3, -0.25) is 4.68 Å². The number of aromatic nitrogens is 2. The molecule has 2 heterocycles. The Morgan fingerprint density at radius 2 is 2.39 bits per heavy atom. The first kappa shape index (κ1) is 11.5. The Bertz CT molecular complexity index is 539. The maximum atomic E-state index is 4.57. The fraction of sp³-hybridized carbons (Fsp3) is 0.357. The summed E-state index contributed by atoms with van der Waals surface area (Å²) in [6.45, 7) is 0. The summed E-state index contributed by atoms with van der Waals surface area (Å²) in [6, 6.07) is 6.86. The van der Waals surface area contributed by atoms with Crippen LogP contribution in [0.3, 0.4) is 0 Å². The third kappa shape index (κ3) is 2.34. The Labute approximate surface area is 111 Å². The second kappa shape index (κ2) is 4.98. The standard InChI is InChI=1S/C14H17N3S/c1-17-14(15-11-6-3-2-4-7-11)10-12(16-17)13-8-5-9-18-13/h2-3,5,8-11,15H,4,6-7H2,1H3. The van der Waals surface area contributed by atoms with Crippen LogP contribution in [0.4, 0.5) is 5.82 Å². The van der Waals surface area contributed by atoms with E-state index in [1.54, 1.807) is 11.3 Å². The highest BCUT2D eigenvalue weighted by Gasteiger charge is 2.13. The second-order valence-corrected chi connectivity index (χ2v) is 5.59. The van der Waals surface area contributed by atoms with E-state index >= 15 is 0 Å². The van der Waals surface area contributed by atoms with Crippen molar-refractivity contribution in [2.75, 3.05) is 5.32 Å². The number of allylic oxidation sites excluding steroid dienone is 1. The van der Waals surface area contributed by atoms with E-state index in [-0.39, 0.29) is 0 Å². The molecule has 0 aromatic carbocycles. The van der Waals surface area contributed by atoms with Gasteiger partial charge in [-0.25, -0.2) is 0 Å². The molecule has 1 N–H and O–H groups in total. The van der Waals surface area contributed by atoms with Crippen molar-refractivity contribution in [1.82, 2.24) is 9.78 Å². The summed E-state index contributed by atoms with van der Waals surface area (Å²) in [5.74, 6) is 1.11. The average Bonchev–Trinajstić information content (AvgIpc) is 3.01. The van der Waals surface area contributed by atoms with E-state index in [1.807, 2.05) is 11.7 Å². The fourth-order valence-corrected chi connectivity index (χ4v) is 2.96. The largest absolute Gasteiger partial charge is 0.367 e. The summed E-state index contributed by atoms with van der Waals surface area (Å²) >= 11 is 1.73. The average molecular weight is 259 g/mol. The van der Waals surface area contributed by atoms with Crippen LogP contribution in [0.1, 0.15) is 19.3 Å². The van der Waals surface area contributed by atoms with E-state index in [4.69, 9.17) is 0 Å². The first-order valence-corrected chi connectivity index (χ1v) is 7.20. The van der Waals surface area contributed by atoms with Gasteiger partial charge in [0.25, 0.3) is 0 Å². The molecule has 3 nitrogen and oxygen atoms in total. The van der Waals surface area contributed by atoms with E-state index in [2.05, 4.69) is 46.1 Å². The van der Waals surface area contributed by atoms with Gasteiger partial charge in [0, 0.05) is 19.2 Å². The third-order valence-corrected chi connectivity index (χ3v) is 4.17. The minimum Gasteiger partial charge on any atom is -0.367 e. The summed E-state index contributed by atoms with van der Waals surface area (Å²) in [5, 5.41) is 10.2. The topological polar surface area (TPSA) is 29.9 Å². The predicted octanol–water partition coefficient (Wildman–Crippen LogP) is 3.67. The molecule has 4 heteroatoms. The van der Waals surface area contributed by atoms with Crippen LogP contribution in [-0.2, 0) is 7.05 Å². The highest BCUT2D eigenvalue weighted by molar-refractivity contribution is 7.13. The molecule has 0 radical (unpaired) electrons. The molecule has 18 heavy (non-hydrogen) atoms. The monoisotopic (exact) mass is 259 g/mol. The van der Waals surface area contributed by atoms with E-state index in [1.165, 1.54) is 17.7 Å². The minimum absolute atomic E-state index is 0.543. The lowest BCUT2D eigenvalue weighted by molar-refractivity contribution is 0.631. The van der Waals surface area contributed by atoms with Gasteiger partial charge in [-0.1, -0.05) is 18.2 Å². The SMILES string of the molecule is Cn1nc(-c2cccs2)cc1NC1CC=CCC1. The highest BCUT2D eigenvalue weighted by atomic mass is 32.1. The molecule has 1 aliphatic carbocycles. The van der Waals surface area contributed by atoms with Crippen LogP contribution in [-0.4, -0.2) is 15.8 Å². The number of nitrogens with zero attached hydrogens (tertiary/aromatic N) is 2. The van der Waals surface area contributed by atoms with Crippen molar-refractivity contribution in [3.63, 3.8) is 0 Å². The molecule has 94 valence electrons. The van der Waals surface area contributed by atoms with Crippen molar-refractivity contribution in [3.8, 4) is 10.6 Å². The zero-order chi connectivity index (χ0) is 12.4. The molecule has 2 aromatic heterocycles. The minimum atomic E-state index is 0.543. The number of hydrogen-bond acceptors (Lipinski definition) is 3. The van der Waals surface area contributed by atoms with Gasteiger partial charge < -0.3 is 5.32 Å². The Kier molecular flexibility index (Phi) is 3.19. The van der Waals surface area contributed by atoms with Crippen molar-refractivity contribution >= 4 is 17.2 Å². The quantitative estimate of drug-likeness (QED) is 0.852. The Hall–Kier alpha value is -1.55. The van der Waals surface area contributed by atoms with Crippen LogP contribution >= 0.6 is 11.3 Å². The van der Waals surface area contributed by atoms with Gasteiger partial charge in [-0.2, -0.15) is 5.10 Å². The van der Waals surface area contributed by atoms with Gasteiger partial charge in [0.2, 0.25) is 0 Å². The van der Waals surface area contributed by atoms with Gasteiger partial charge in [-0.05, 0) is 30.7 Å². The lowest BCUT2D eigenvalue weighted by Gasteiger charge is -2.20. The van der Waals surface area contributed by atoms with E-state index in [0.29, 0.717) is 6.04 Å². The molecule has 0 amide bonds. The van der Waals surface area contributed by atoms with Crippen LogP contribution < -0.4 is 5.32 Å². The van der Waals surface area contributed by atoms with Gasteiger partial charge in [0.05, 0.1) is 4.88 Å². The van der Waals surface area contributed by atoms with Crippen molar-refractivity contribution in [2.45, 2.75) is 25.3 Å². The van der Waals surface area contributed by atoms with Crippen LogP contribution in [0.25, 0.3) is 10.6 Å². The molecule has 0 spiro atoms. The predicted molar refractivity (Wildman–Crippen MR) is 76.9 cm³/mol.